The van der Waals surface area contributed by atoms with Gasteiger partial charge in [0.2, 0.25) is 0 Å². The first kappa shape index (κ1) is 12.9. The third kappa shape index (κ3) is 4.47. The summed E-state index contributed by atoms with van der Waals surface area (Å²) in [4.78, 5) is 25.5. The lowest BCUT2D eigenvalue weighted by molar-refractivity contribution is -0.146. The summed E-state index contributed by atoms with van der Waals surface area (Å²) in [5.74, 6) is -1.39. The molecule has 1 atom stereocenters. The van der Waals surface area contributed by atoms with Crippen LogP contribution in [0.1, 0.15) is 5.69 Å². The number of aryl methyl sites for hydroxylation is 1. The number of anilines is 1. The molecule has 92 valence electrons. The summed E-state index contributed by atoms with van der Waals surface area (Å²) >= 11 is 0. The van der Waals surface area contributed by atoms with E-state index in [9.17, 15) is 9.59 Å². The lowest BCUT2D eigenvalue weighted by atomic mass is 10.3. The second kappa shape index (κ2) is 5.80. The molecule has 7 nitrogen and oxygen atoms in total. The lowest BCUT2D eigenvalue weighted by Gasteiger charge is -2.09. The van der Waals surface area contributed by atoms with E-state index in [1.165, 1.54) is 6.20 Å². The van der Waals surface area contributed by atoms with Crippen molar-refractivity contribution in [2.24, 2.45) is 0 Å². The van der Waals surface area contributed by atoms with Crippen LogP contribution in [0.5, 0.6) is 0 Å². The number of hydrogen-bond acceptors (Lipinski definition) is 4. The molecule has 1 heterocycles. The van der Waals surface area contributed by atoms with Crippen molar-refractivity contribution in [1.29, 1.82) is 0 Å². The van der Waals surface area contributed by atoms with Crippen LogP contribution in [0.2, 0.25) is 0 Å². The van der Waals surface area contributed by atoms with Crippen LogP contribution >= 0.6 is 0 Å². The Morgan fingerprint density at radius 1 is 1.47 bits per heavy atom. The normalized spacial score (nSPS) is 11.6. The van der Waals surface area contributed by atoms with Gasteiger partial charge in [0.25, 0.3) is 0 Å². The number of aromatic nitrogens is 1. The van der Waals surface area contributed by atoms with Crippen molar-refractivity contribution < 1.29 is 19.8 Å². The summed E-state index contributed by atoms with van der Waals surface area (Å²) in [6.45, 7) is 1.45. The molecule has 0 spiro atoms. The Balaban J connectivity index is 2.39. The molecule has 1 aromatic rings. The lowest BCUT2D eigenvalue weighted by Crippen LogP contribution is -2.38. The maximum atomic E-state index is 11.3. The Morgan fingerprint density at radius 3 is 2.71 bits per heavy atom. The number of rotatable bonds is 4. The van der Waals surface area contributed by atoms with Crippen LogP contribution in [-0.4, -0.2) is 39.8 Å². The van der Waals surface area contributed by atoms with E-state index in [1.54, 1.807) is 12.1 Å². The molecule has 0 radical (unpaired) electrons. The molecule has 1 rings (SSSR count). The topological polar surface area (TPSA) is 112 Å². The van der Waals surface area contributed by atoms with Gasteiger partial charge in [-0.05, 0) is 19.1 Å². The second-order valence-electron chi connectivity index (χ2n) is 3.38. The van der Waals surface area contributed by atoms with E-state index in [4.69, 9.17) is 10.2 Å². The molecular formula is C10H13N3O4. The minimum absolute atomic E-state index is 0.361. The SMILES string of the molecule is Cc1ccc(NC(=O)NCC(O)C(=O)O)cn1. The number of hydrogen-bond donors (Lipinski definition) is 4. The standard InChI is InChI=1S/C10H13N3O4/c1-6-2-3-7(4-11-6)13-10(17)12-5-8(14)9(15)16/h2-4,8,14H,5H2,1H3,(H,15,16)(H2,12,13,17). The first-order valence-electron chi connectivity index (χ1n) is 4.87. The van der Waals surface area contributed by atoms with Gasteiger partial charge in [-0.3, -0.25) is 4.98 Å². The van der Waals surface area contributed by atoms with E-state index in [0.29, 0.717) is 5.69 Å². The number of aliphatic hydroxyl groups is 1. The maximum absolute atomic E-state index is 11.3. The highest BCUT2D eigenvalue weighted by molar-refractivity contribution is 5.89. The number of carboxylic acids is 1. The molecule has 17 heavy (non-hydrogen) atoms. The Hall–Kier alpha value is -2.15. The van der Waals surface area contributed by atoms with Crippen LogP contribution in [0.15, 0.2) is 18.3 Å². The summed E-state index contributed by atoms with van der Waals surface area (Å²) in [6.07, 6.45) is -0.139. The summed E-state index contributed by atoms with van der Waals surface area (Å²) < 4.78 is 0. The zero-order chi connectivity index (χ0) is 12.8. The van der Waals surface area contributed by atoms with Crippen molar-refractivity contribution >= 4 is 17.7 Å². The van der Waals surface area contributed by atoms with E-state index >= 15 is 0 Å². The van der Waals surface area contributed by atoms with Crippen molar-refractivity contribution in [1.82, 2.24) is 10.3 Å². The average Bonchev–Trinajstić information content (AvgIpc) is 2.29. The monoisotopic (exact) mass is 239 g/mol. The van der Waals surface area contributed by atoms with Gasteiger partial charge in [-0.2, -0.15) is 0 Å². The molecule has 0 aliphatic rings. The molecule has 7 heteroatoms. The summed E-state index contributed by atoms with van der Waals surface area (Å²) in [5, 5.41) is 22.0. The highest BCUT2D eigenvalue weighted by atomic mass is 16.4. The van der Waals surface area contributed by atoms with Gasteiger partial charge in [0.1, 0.15) is 0 Å². The first-order chi connectivity index (χ1) is 7.99. The number of nitrogens with zero attached hydrogens (tertiary/aromatic N) is 1. The number of aliphatic carboxylic acids is 1. The molecule has 2 amide bonds. The van der Waals surface area contributed by atoms with Crippen LogP contribution in [0.25, 0.3) is 0 Å². The minimum atomic E-state index is -1.61. The van der Waals surface area contributed by atoms with Crippen LogP contribution < -0.4 is 10.6 Å². The highest BCUT2D eigenvalue weighted by Gasteiger charge is 2.13. The molecule has 1 unspecified atom stereocenters. The van der Waals surface area contributed by atoms with Crippen LogP contribution in [0.4, 0.5) is 10.5 Å². The number of carbonyl (C=O) groups excluding carboxylic acids is 1. The van der Waals surface area contributed by atoms with E-state index in [-0.39, 0.29) is 6.54 Å². The van der Waals surface area contributed by atoms with Crippen LogP contribution in [0, 0.1) is 6.92 Å². The van der Waals surface area contributed by atoms with Gasteiger partial charge in [0.05, 0.1) is 18.4 Å². The van der Waals surface area contributed by atoms with E-state index in [0.717, 1.165) is 5.69 Å². The highest BCUT2D eigenvalue weighted by Crippen LogP contribution is 2.04. The quantitative estimate of drug-likeness (QED) is 0.589. The van der Waals surface area contributed by atoms with Crippen molar-refractivity contribution in [2.75, 3.05) is 11.9 Å². The minimum Gasteiger partial charge on any atom is -0.479 e. The molecule has 0 fully saturated rings. The summed E-state index contributed by atoms with van der Waals surface area (Å²) in [6, 6.07) is 2.79. The third-order valence-corrected chi connectivity index (χ3v) is 1.91. The largest absolute Gasteiger partial charge is 0.479 e. The van der Waals surface area contributed by atoms with Gasteiger partial charge in [-0.25, -0.2) is 9.59 Å². The Labute approximate surface area is 97.5 Å². The number of urea groups is 1. The summed E-state index contributed by atoms with van der Waals surface area (Å²) in [7, 11) is 0. The fourth-order valence-corrected chi connectivity index (χ4v) is 0.994. The molecular weight excluding hydrogens is 226 g/mol. The summed E-state index contributed by atoms with van der Waals surface area (Å²) in [5.41, 5.74) is 1.30. The van der Waals surface area contributed by atoms with Gasteiger partial charge in [0.15, 0.2) is 6.10 Å². The number of aliphatic hydroxyl groups excluding tert-OH is 1. The van der Waals surface area contributed by atoms with Crippen molar-refractivity contribution in [3.63, 3.8) is 0 Å². The van der Waals surface area contributed by atoms with Gasteiger partial charge in [-0.15, -0.1) is 0 Å². The van der Waals surface area contributed by atoms with Gasteiger partial charge >= 0.3 is 12.0 Å². The molecule has 0 saturated carbocycles. The molecule has 0 bridgehead atoms. The molecule has 4 N–H and O–H groups in total. The number of nitrogens with one attached hydrogen (secondary N) is 2. The van der Waals surface area contributed by atoms with Crippen molar-refractivity contribution in [3.05, 3.63) is 24.0 Å². The third-order valence-electron chi connectivity index (χ3n) is 1.91. The first-order valence-corrected chi connectivity index (χ1v) is 4.87. The van der Waals surface area contributed by atoms with Gasteiger partial charge in [-0.1, -0.05) is 0 Å². The maximum Gasteiger partial charge on any atom is 0.334 e. The Morgan fingerprint density at radius 2 is 2.18 bits per heavy atom. The number of pyridine rings is 1. The van der Waals surface area contributed by atoms with Gasteiger partial charge in [0, 0.05) is 5.69 Å². The van der Waals surface area contributed by atoms with E-state index in [2.05, 4.69) is 15.6 Å². The predicted octanol–water partition coefficient (Wildman–Crippen LogP) is -0.0430. The van der Waals surface area contributed by atoms with E-state index in [1.807, 2.05) is 6.92 Å². The van der Waals surface area contributed by atoms with Crippen molar-refractivity contribution in [2.45, 2.75) is 13.0 Å². The van der Waals surface area contributed by atoms with Gasteiger partial charge < -0.3 is 20.8 Å². The van der Waals surface area contributed by atoms with Crippen molar-refractivity contribution in [3.8, 4) is 0 Å². The zero-order valence-corrected chi connectivity index (χ0v) is 9.17. The number of amides is 2. The molecule has 0 aromatic carbocycles. The number of carboxylic acid groups (broad SMARTS) is 1. The second-order valence-corrected chi connectivity index (χ2v) is 3.38. The molecule has 0 aliphatic heterocycles. The number of carbonyl (C=O) groups is 2. The molecule has 1 aromatic heterocycles. The molecule has 0 aliphatic carbocycles. The molecule has 0 saturated heterocycles. The fraction of sp³-hybridized carbons (Fsp3) is 0.300. The van der Waals surface area contributed by atoms with Crippen LogP contribution in [0.3, 0.4) is 0 Å². The average molecular weight is 239 g/mol. The fourth-order valence-electron chi connectivity index (χ4n) is 0.994. The van der Waals surface area contributed by atoms with Crippen LogP contribution in [-0.2, 0) is 4.79 Å². The van der Waals surface area contributed by atoms with E-state index < -0.39 is 18.1 Å². The Bertz CT molecular complexity index is 405. The smallest absolute Gasteiger partial charge is 0.334 e. The zero-order valence-electron chi connectivity index (χ0n) is 9.17. The predicted molar refractivity (Wildman–Crippen MR) is 59.6 cm³/mol. The Kier molecular flexibility index (Phi) is 4.41.